The van der Waals surface area contributed by atoms with Crippen LogP contribution >= 0.6 is 0 Å². The highest BCUT2D eigenvalue weighted by atomic mass is 16.4. The van der Waals surface area contributed by atoms with Gasteiger partial charge in [-0.3, -0.25) is 0 Å². The van der Waals surface area contributed by atoms with Crippen molar-refractivity contribution >= 4 is 5.97 Å². The molecule has 2 unspecified atom stereocenters. The van der Waals surface area contributed by atoms with Crippen molar-refractivity contribution in [3.63, 3.8) is 0 Å². The fourth-order valence-corrected chi connectivity index (χ4v) is 3.21. The molecule has 0 radical (unpaired) electrons. The van der Waals surface area contributed by atoms with Crippen molar-refractivity contribution in [2.75, 3.05) is 0 Å². The molecular formula is C15H23NO3. The minimum absolute atomic E-state index is 0.0576. The number of carbonyl (C=O) groups is 1. The van der Waals surface area contributed by atoms with Gasteiger partial charge in [0.2, 0.25) is 5.76 Å². The van der Waals surface area contributed by atoms with E-state index in [1.807, 2.05) is 6.07 Å². The van der Waals surface area contributed by atoms with Crippen LogP contribution < -0.4 is 5.32 Å². The predicted octanol–water partition coefficient (Wildman–Crippen LogP) is 3.20. The van der Waals surface area contributed by atoms with Gasteiger partial charge in [0, 0.05) is 11.6 Å². The monoisotopic (exact) mass is 265 g/mol. The van der Waals surface area contributed by atoms with Gasteiger partial charge < -0.3 is 14.8 Å². The highest BCUT2D eigenvalue weighted by Crippen LogP contribution is 2.28. The quantitative estimate of drug-likeness (QED) is 0.877. The number of aryl methyl sites for hydroxylation is 1. The van der Waals surface area contributed by atoms with Crippen LogP contribution in [0.3, 0.4) is 0 Å². The molecule has 0 spiro atoms. The van der Waals surface area contributed by atoms with Crippen molar-refractivity contribution in [3.05, 3.63) is 23.2 Å². The Morgan fingerprint density at radius 2 is 2.00 bits per heavy atom. The molecule has 4 nitrogen and oxygen atoms in total. The first-order valence-electron chi connectivity index (χ1n) is 7.01. The van der Waals surface area contributed by atoms with Crippen molar-refractivity contribution in [1.29, 1.82) is 0 Å². The molecule has 4 heteroatoms. The molecule has 1 aromatic rings. The second-order valence-corrected chi connectivity index (χ2v) is 6.03. The third kappa shape index (κ3) is 3.60. The molecule has 0 bridgehead atoms. The Balaban J connectivity index is 1.91. The number of hydrogen-bond acceptors (Lipinski definition) is 3. The summed E-state index contributed by atoms with van der Waals surface area (Å²) in [7, 11) is 0. The van der Waals surface area contributed by atoms with E-state index in [0.717, 1.165) is 11.8 Å². The number of carboxylic acids is 1. The molecule has 0 aromatic carbocycles. The lowest BCUT2D eigenvalue weighted by Gasteiger charge is -2.31. The van der Waals surface area contributed by atoms with Crippen LogP contribution in [0.25, 0.3) is 0 Å². The van der Waals surface area contributed by atoms with Gasteiger partial charge in [0.15, 0.2) is 0 Å². The second kappa shape index (κ2) is 5.78. The minimum Gasteiger partial charge on any atom is -0.475 e. The fourth-order valence-electron chi connectivity index (χ4n) is 3.21. The van der Waals surface area contributed by atoms with Gasteiger partial charge in [-0.05, 0) is 44.1 Å². The first-order valence-corrected chi connectivity index (χ1v) is 7.01. The van der Waals surface area contributed by atoms with E-state index in [9.17, 15) is 4.79 Å². The maximum absolute atomic E-state index is 10.9. The Labute approximate surface area is 114 Å². The van der Waals surface area contributed by atoms with Gasteiger partial charge in [-0.2, -0.15) is 0 Å². The summed E-state index contributed by atoms with van der Waals surface area (Å²) < 4.78 is 5.36. The Kier molecular flexibility index (Phi) is 4.30. The maximum Gasteiger partial charge on any atom is 0.372 e. The number of furan rings is 1. The first-order chi connectivity index (χ1) is 8.95. The predicted molar refractivity (Wildman–Crippen MR) is 73.2 cm³/mol. The molecule has 1 aliphatic rings. The molecule has 1 aromatic heterocycles. The Bertz CT molecular complexity index is 442. The zero-order valence-corrected chi connectivity index (χ0v) is 11.9. The molecule has 2 atom stereocenters. The van der Waals surface area contributed by atoms with Gasteiger partial charge in [0.05, 0.1) is 6.54 Å². The van der Waals surface area contributed by atoms with Crippen LogP contribution in [0.1, 0.15) is 55.0 Å². The van der Waals surface area contributed by atoms with E-state index in [0.29, 0.717) is 23.9 Å². The first kappa shape index (κ1) is 14.1. The topological polar surface area (TPSA) is 62.5 Å². The third-order valence-electron chi connectivity index (χ3n) is 3.91. The second-order valence-electron chi connectivity index (χ2n) is 6.03. The normalized spacial score (nSPS) is 27.4. The largest absolute Gasteiger partial charge is 0.475 e. The Morgan fingerprint density at radius 1 is 1.37 bits per heavy atom. The van der Waals surface area contributed by atoms with Crippen molar-refractivity contribution in [3.8, 4) is 0 Å². The lowest BCUT2D eigenvalue weighted by atomic mass is 9.80. The third-order valence-corrected chi connectivity index (χ3v) is 3.91. The van der Waals surface area contributed by atoms with Crippen LogP contribution in [0, 0.1) is 18.8 Å². The van der Waals surface area contributed by atoms with Crippen molar-refractivity contribution < 1.29 is 14.3 Å². The number of rotatable bonds is 4. The number of hydrogen-bond donors (Lipinski definition) is 2. The summed E-state index contributed by atoms with van der Waals surface area (Å²) in [6, 6.07) is 2.32. The lowest BCUT2D eigenvalue weighted by Crippen LogP contribution is -2.35. The summed E-state index contributed by atoms with van der Waals surface area (Å²) in [5.74, 6) is 1.29. The van der Waals surface area contributed by atoms with E-state index >= 15 is 0 Å². The van der Waals surface area contributed by atoms with E-state index in [2.05, 4.69) is 19.2 Å². The SMILES string of the molecule is Cc1cc(CNC2CC(C)CC(C)C2)oc1C(=O)O. The Morgan fingerprint density at radius 3 is 2.53 bits per heavy atom. The van der Waals surface area contributed by atoms with Gasteiger partial charge in [0.1, 0.15) is 5.76 Å². The average Bonchev–Trinajstić information content (AvgIpc) is 2.67. The van der Waals surface area contributed by atoms with Gasteiger partial charge in [-0.1, -0.05) is 13.8 Å². The van der Waals surface area contributed by atoms with E-state index in [1.165, 1.54) is 19.3 Å². The maximum atomic E-state index is 10.9. The molecule has 1 heterocycles. The molecule has 0 aliphatic heterocycles. The van der Waals surface area contributed by atoms with E-state index in [4.69, 9.17) is 9.52 Å². The number of nitrogens with one attached hydrogen (secondary N) is 1. The van der Waals surface area contributed by atoms with Crippen molar-refractivity contribution in [2.24, 2.45) is 11.8 Å². The Hall–Kier alpha value is -1.29. The van der Waals surface area contributed by atoms with Gasteiger partial charge in [-0.15, -0.1) is 0 Å². The van der Waals surface area contributed by atoms with Crippen LogP contribution in [0.15, 0.2) is 10.5 Å². The van der Waals surface area contributed by atoms with Crippen LogP contribution in [-0.2, 0) is 6.54 Å². The van der Waals surface area contributed by atoms with E-state index in [-0.39, 0.29) is 5.76 Å². The summed E-state index contributed by atoms with van der Waals surface area (Å²) in [6.07, 6.45) is 3.69. The van der Waals surface area contributed by atoms with Crippen LogP contribution in [0.2, 0.25) is 0 Å². The summed E-state index contributed by atoms with van der Waals surface area (Å²) in [4.78, 5) is 10.9. The smallest absolute Gasteiger partial charge is 0.372 e. The van der Waals surface area contributed by atoms with Gasteiger partial charge in [0.25, 0.3) is 0 Å². The molecule has 2 rings (SSSR count). The fraction of sp³-hybridized carbons (Fsp3) is 0.667. The average molecular weight is 265 g/mol. The molecule has 2 N–H and O–H groups in total. The zero-order valence-electron chi connectivity index (χ0n) is 11.9. The standard InChI is InChI=1S/C15H23NO3/c1-9-4-10(2)6-12(5-9)16-8-13-7-11(3)14(19-13)15(17)18/h7,9-10,12,16H,4-6,8H2,1-3H3,(H,17,18). The van der Waals surface area contributed by atoms with E-state index in [1.54, 1.807) is 6.92 Å². The summed E-state index contributed by atoms with van der Waals surface area (Å²) in [5, 5.41) is 12.4. The van der Waals surface area contributed by atoms with E-state index < -0.39 is 5.97 Å². The lowest BCUT2D eigenvalue weighted by molar-refractivity contribution is 0.0659. The summed E-state index contributed by atoms with van der Waals surface area (Å²) in [5.41, 5.74) is 0.690. The highest BCUT2D eigenvalue weighted by molar-refractivity contribution is 5.86. The molecule has 1 fully saturated rings. The molecular weight excluding hydrogens is 242 g/mol. The molecule has 0 saturated heterocycles. The molecule has 106 valence electrons. The van der Waals surface area contributed by atoms with Gasteiger partial charge >= 0.3 is 5.97 Å². The van der Waals surface area contributed by atoms with Gasteiger partial charge in [-0.25, -0.2) is 4.79 Å². The minimum atomic E-state index is -0.997. The molecule has 1 saturated carbocycles. The number of aromatic carboxylic acids is 1. The van der Waals surface area contributed by atoms with Crippen LogP contribution in [0.4, 0.5) is 0 Å². The molecule has 19 heavy (non-hydrogen) atoms. The van der Waals surface area contributed by atoms with Crippen LogP contribution in [0.5, 0.6) is 0 Å². The summed E-state index contributed by atoms with van der Waals surface area (Å²) in [6.45, 7) is 6.97. The van der Waals surface area contributed by atoms with Crippen LogP contribution in [-0.4, -0.2) is 17.1 Å². The highest BCUT2D eigenvalue weighted by Gasteiger charge is 2.24. The molecule has 1 aliphatic carbocycles. The summed E-state index contributed by atoms with van der Waals surface area (Å²) >= 11 is 0. The molecule has 0 amide bonds. The zero-order chi connectivity index (χ0) is 14.0. The number of carboxylic acid groups (broad SMARTS) is 1. The van der Waals surface area contributed by atoms with Crippen molar-refractivity contribution in [2.45, 2.75) is 52.6 Å². The van der Waals surface area contributed by atoms with Crippen molar-refractivity contribution in [1.82, 2.24) is 5.32 Å².